The van der Waals surface area contributed by atoms with Crippen LogP contribution in [0.25, 0.3) is 0 Å². The standard InChI is InChI=1S/C10H16N2O2S/c1-4-7(2)11-6-9-12-5-8(15-9)10(13)14-3/h5,7,11H,4,6H2,1-3H3/t7-/m1/s1. The molecule has 0 bridgehead atoms. The first-order valence-electron chi connectivity index (χ1n) is 4.93. The number of thiazole rings is 1. The quantitative estimate of drug-likeness (QED) is 0.781. The highest BCUT2D eigenvalue weighted by Gasteiger charge is 2.10. The molecule has 15 heavy (non-hydrogen) atoms. The zero-order valence-corrected chi connectivity index (χ0v) is 10.1. The molecule has 0 aliphatic rings. The van der Waals surface area contributed by atoms with Gasteiger partial charge >= 0.3 is 5.97 Å². The van der Waals surface area contributed by atoms with Gasteiger partial charge in [0, 0.05) is 12.6 Å². The van der Waals surface area contributed by atoms with Crippen LogP contribution < -0.4 is 5.32 Å². The predicted molar refractivity (Wildman–Crippen MR) is 60.0 cm³/mol. The lowest BCUT2D eigenvalue weighted by Crippen LogP contribution is -2.24. The summed E-state index contributed by atoms with van der Waals surface area (Å²) in [6.45, 7) is 4.95. The van der Waals surface area contributed by atoms with Gasteiger partial charge in [-0.2, -0.15) is 0 Å². The lowest BCUT2D eigenvalue weighted by molar-refractivity contribution is 0.0606. The summed E-state index contributed by atoms with van der Waals surface area (Å²) in [5.41, 5.74) is 0. The molecule has 0 aromatic carbocycles. The summed E-state index contributed by atoms with van der Waals surface area (Å²) in [4.78, 5) is 15.8. The van der Waals surface area contributed by atoms with Crippen molar-refractivity contribution in [3.63, 3.8) is 0 Å². The van der Waals surface area contributed by atoms with E-state index in [2.05, 4.69) is 28.9 Å². The topological polar surface area (TPSA) is 51.2 Å². The van der Waals surface area contributed by atoms with Crippen LogP contribution in [0.1, 0.15) is 34.9 Å². The van der Waals surface area contributed by atoms with Crippen molar-refractivity contribution in [3.8, 4) is 0 Å². The van der Waals surface area contributed by atoms with Crippen LogP contribution in [-0.4, -0.2) is 24.1 Å². The van der Waals surface area contributed by atoms with Crippen LogP contribution in [0.15, 0.2) is 6.20 Å². The number of rotatable bonds is 5. The number of nitrogens with zero attached hydrogens (tertiary/aromatic N) is 1. The lowest BCUT2D eigenvalue weighted by Gasteiger charge is -2.08. The molecule has 0 aliphatic heterocycles. The third-order valence-electron chi connectivity index (χ3n) is 2.15. The van der Waals surface area contributed by atoms with Crippen LogP contribution in [0.3, 0.4) is 0 Å². The Hall–Kier alpha value is -0.940. The van der Waals surface area contributed by atoms with Crippen LogP contribution in [0.2, 0.25) is 0 Å². The molecule has 0 fully saturated rings. The number of carbonyl (C=O) groups excluding carboxylic acids is 1. The first-order valence-corrected chi connectivity index (χ1v) is 5.75. The molecule has 0 spiro atoms. The van der Waals surface area contributed by atoms with Gasteiger partial charge < -0.3 is 10.1 Å². The van der Waals surface area contributed by atoms with E-state index >= 15 is 0 Å². The summed E-state index contributed by atoms with van der Waals surface area (Å²) in [7, 11) is 1.37. The molecule has 0 amide bonds. The van der Waals surface area contributed by atoms with Gasteiger partial charge in [-0.05, 0) is 13.3 Å². The Bertz CT molecular complexity index is 325. The Morgan fingerprint density at radius 2 is 2.47 bits per heavy atom. The van der Waals surface area contributed by atoms with Gasteiger partial charge in [-0.15, -0.1) is 11.3 Å². The van der Waals surface area contributed by atoms with Gasteiger partial charge in [-0.25, -0.2) is 9.78 Å². The summed E-state index contributed by atoms with van der Waals surface area (Å²) in [6.07, 6.45) is 2.64. The van der Waals surface area contributed by atoms with Gasteiger partial charge in [0.1, 0.15) is 9.88 Å². The van der Waals surface area contributed by atoms with Crippen LogP contribution in [0, 0.1) is 0 Å². The Morgan fingerprint density at radius 1 is 1.73 bits per heavy atom. The SMILES string of the molecule is CC[C@@H](C)NCc1ncc(C(=O)OC)s1. The molecule has 0 saturated heterocycles. The molecule has 1 atom stereocenters. The number of methoxy groups -OCH3 is 1. The molecule has 5 heteroatoms. The highest BCUT2D eigenvalue weighted by Crippen LogP contribution is 2.13. The third-order valence-corrected chi connectivity index (χ3v) is 3.13. The average molecular weight is 228 g/mol. The normalized spacial score (nSPS) is 12.5. The van der Waals surface area contributed by atoms with E-state index in [1.54, 1.807) is 6.20 Å². The fourth-order valence-corrected chi connectivity index (χ4v) is 1.78. The first kappa shape index (κ1) is 12.1. The van der Waals surface area contributed by atoms with Crippen LogP contribution in [0.4, 0.5) is 0 Å². The van der Waals surface area contributed by atoms with Crippen molar-refractivity contribution >= 4 is 17.3 Å². The average Bonchev–Trinajstić information content (AvgIpc) is 2.73. The number of esters is 1. The molecule has 0 radical (unpaired) electrons. The Balaban J connectivity index is 2.49. The van der Waals surface area contributed by atoms with E-state index in [4.69, 9.17) is 0 Å². The summed E-state index contributed by atoms with van der Waals surface area (Å²) < 4.78 is 4.61. The van der Waals surface area contributed by atoms with E-state index < -0.39 is 0 Å². The van der Waals surface area contributed by atoms with Crippen LogP contribution in [0.5, 0.6) is 0 Å². The number of hydrogen-bond acceptors (Lipinski definition) is 5. The maximum absolute atomic E-state index is 11.1. The second-order valence-corrected chi connectivity index (χ2v) is 4.42. The minimum Gasteiger partial charge on any atom is -0.465 e. The number of nitrogens with one attached hydrogen (secondary N) is 1. The molecule has 1 heterocycles. The van der Waals surface area contributed by atoms with Crippen molar-refractivity contribution < 1.29 is 9.53 Å². The molecular weight excluding hydrogens is 212 g/mol. The first-order chi connectivity index (χ1) is 7.17. The van der Waals surface area contributed by atoms with E-state index in [0.29, 0.717) is 17.5 Å². The van der Waals surface area contributed by atoms with E-state index in [0.717, 1.165) is 11.4 Å². The van der Waals surface area contributed by atoms with E-state index in [-0.39, 0.29) is 5.97 Å². The molecule has 1 N–H and O–H groups in total. The summed E-state index contributed by atoms with van der Waals surface area (Å²) in [5.74, 6) is -0.317. The summed E-state index contributed by atoms with van der Waals surface area (Å²) in [6, 6.07) is 0.468. The van der Waals surface area contributed by atoms with Crippen LogP contribution in [-0.2, 0) is 11.3 Å². The van der Waals surface area contributed by atoms with E-state index in [9.17, 15) is 4.79 Å². The van der Waals surface area contributed by atoms with Crippen molar-refractivity contribution in [3.05, 3.63) is 16.1 Å². The number of aromatic nitrogens is 1. The molecular formula is C10H16N2O2S. The zero-order valence-electron chi connectivity index (χ0n) is 9.24. The van der Waals surface area contributed by atoms with E-state index in [1.807, 2.05) is 0 Å². The van der Waals surface area contributed by atoms with Crippen LogP contribution >= 0.6 is 11.3 Å². The van der Waals surface area contributed by atoms with Crippen molar-refractivity contribution in [2.45, 2.75) is 32.9 Å². The van der Waals surface area contributed by atoms with Gasteiger partial charge in [-0.1, -0.05) is 6.92 Å². The highest BCUT2D eigenvalue weighted by molar-refractivity contribution is 7.13. The summed E-state index contributed by atoms with van der Waals surface area (Å²) >= 11 is 1.37. The maximum Gasteiger partial charge on any atom is 0.349 e. The Kier molecular flexibility index (Phi) is 4.71. The largest absolute Gasteiger partial charge is 0.465 e. The van der Waals surface area contributed by atoms with Gasteiger partial charge in [0.05, 0.1) is 13.3 Å². The molecule has 0 aliphatic carbocycles. The Labute approximate surface area is 93.7 Å². The molecule has 1 aromatic heterocycles. The fourth-order valence-electron chi connectivity index (χ4n) is 0.993. The van der Waals surface area contributed by atoms with Gasteiger partial charge in [-0.3, -0.25) is 0 Å². The third kappa shape index (κ3) is 3.60. The van der Waals surface area contributed by atoms with Crippen molar-refractivity contribution in [2.75, 3.05) is 7.11 Å². The smallest absolute Gasteiger partial charge is 0.349 e. The number of hydrogen-bond donors (Lipinski definition) is 1. The molecule has 84 valence electrons. The Morgan fingerprint density at radius 3 is 3.07 bits per heavy atom. The van der Waals surface area contributed by atoms with Crippen molar-refractivity contribution in [1.82, 2.24) is 10.3 Å². The van der Waals surface area contributed by atoms with Crippen molar-refractivity contribution in [2.24, 2.45) is 0 Å². The molecule has 1 aromatic rings. The second-order valence-electron chi connectivity index (χ2n) is 3.30. The fraction of sp³-hybridized carbons (Fsp3) is 0.600. The minimum absolute atomic E-state index is 0.317. The molecule has 0 saturated carbocycles. The lowest BCUT2D eigenvalue weighted by atomic mass is 10.3. The highest BCUT2D eigenvalue weighted by atomic mass is 32.1. The summed E-state index contributed by atoms with van der Waals surface area (Å²) in [5, 5.41) is 4.23. The number of carbonyl (C=O) groups is 1. The second kappa shape index (κ2) is 5.82. The van der Waals surface area contributed by atoms with Gasteiger partial charge in [0.2, 0.25) is 0 Å². The van der Waals surface area contributed by atoms with E-state index in [1.165, 1.54) is 18.4 Å². The molecule has 1 rings (SSSR count). The van der Waals surface area contributed by atoms with Crippen molar-refractivity contribution in [1.29, 1.82) is 0 Å². The number of ether oxygens (including phenoxy) is 1. The molecule has 0 unspecified atom stereocenters. The van der Waals surface area contributed by atoms with Gasteiger partial charge in [0.15, 0.2) is 0 Å². The zero-order chi connectivity index (χ0) is 11.3. The predicted octanol–water partition coefficient (Wildman–Crippen LogP) is 1.82. The minimum atomic E-state index is -0.317. The van der Waals surface area contributed by atoms with Gasteiger partial charge in [0.25, 0.3) is 0 Å². The molecule has 4 nitrogen and oxygen atoms in total. The monoisotopic (exact) mass is 228 g/mol. The maximum atomic E-state index is 11.1.